The molecule has 0 spiro atoms. The van der Waals surface area contributed by atoms with E-state index in [1.165, 1.54) is 11.3 Å². The molecule has 6 heteroatoms. The highest BCUT2D eigenvalue weighted by Gasteiger charge is 2.16. The number of nitrogens with one attached hydrogen (secondary N) is 2. The van der Waals surface area contributed by atoms with E-state index in [-0.39, 0.29) is 12.5 Å². The summed E-state index contributed by atoms with van der Waals surface area (Å²) < 4.78 is 0. The number of hydrogen-bond acceptors (Lipinski definition) is 5. The Labute approximate surface area is 121 Å². The molecule has 0 radical (unpaired) electrons. The molecule has 0 saturated carbocycles. The van der Waals surface area contributed by atoms with E-state index in [1.54, 1.807) is 5.38 Å². The van der Waals surface area contributed by atoms with Gasteiger partial charge in [0.2, 0.25) is 0 Å². The molecule has 2 rings (SSSR count). The third kappa shape index (κ3) is 3.55. The van der Waals surface area contributed by atoms with Crippen LogP contribution in [0.5, 0.6) is 0 Å². The molecule has 0 unspecified atom stereocenters. The quantitative estimate of drug-likeness (QED) is 0.761. The van der Waals surface area contributed by atoms with E-state index in [0.717, 1.165) is 17.2 Å². The lowest BCUT2D eigenvalue weighted by atomic mass is 10.1. The van der Waals surface area contributed by atoms with Crippen LogP contribution in [0.2, 0.25) is 0 Å². The van der Waals surface area contributed by atoms with Crippen LogP contribution >= 0.6 is 11.3 Å². The zero-order valence-corrected chi connectivity index (χ0v) is 12.0. The third-order valence-electron chi connectivity index (χ3n) is 2.75. The van der Waals surface area contributed by atoms with Crippen LogP contribution in [0.25, 0.3) is 0 Å². The van der Waals surface area contributed by atoms with Crippen molar-refractivity contribution in [2.75, 3.05) is 18.5 Å². The smallest absolute Gasteiger partial charge is 0.271 e. The van der Waals surface area contributed by atoms with Gasteiger partial charge in [0.1, 0.15) is 5.69 Å². The maximum atomic E-state index is 12.1. The molecular weight excluding hydrogens is 274 g/mol. The van der Waals surface area contributed by atoms with E-state index in [1.807, 2.05) is 37.3 Å². The number of carbonyl (C=O) groups excluding carboxylic acids is 1. The van der Waals surface area contributed by atoms with Gasteiger partial charge in [-0.2, -0.15) is 0 Å². The van der Waals surface area contributed by atoms with Gasteiger partial charge < -0.3 is 15.7 Å². The highest BCUT2D eigenvalue weighted by Crippen LogP contribution is 2.17. The van der Waals surface area contributed by atoms with Crippen molar-refractivity contribution >= 4 is 22.4 Å². The van der Waals surface area contributed by atoms with Gasteiger partial charge in [-0.25, -0.2) is 4.98 Å². The average molecular weight is 291 g/mol. The van der Waals surface area contributed by atoms with Crippen molar-refractivity contribution in [1.82, 2.24) is 10.3 Å². The Morgan fingerprint density at radius 1 is 1.40 bits per heavy atom. The number of anilines is 1. The summed E-state index contributed by atoms with van der Waals surface area (Å²) in [6.45, 7) is 2.58. The molecule has 0 bridgehead atoms. The van der Waals surface area contributed by atoms with E-state index in [2.05, 4.69) is 15.6 Å². The van der Waals surface area contributed by atoms with Crippen LogP contribution in [0.4, 0.5) is 5.13 Å². The largest absolute Gasteiger partial charge is 0.394 e. The zero-order valence-electron chi connectivity index (χ0n) is 11.2. The van der Waals surface area contributed by atoms with Crippen molar-refractivity contribution < 1.29 is 9.90 Å². The molecule has 1 heterocycles. The highest BCUT2D eigenvalue weighted by molar-refractivity contribution is 7.13. The number of aromatic nitrogens is 1. The van der Waals surface area contributed by atoms with Crippen LogP contribution in [-0.2, 0) is 0 Å². The Kier molecular flexibility index (Phi) is 5.09. The van der Waals surface area contributed by atoms with Crippen molar-refractivity contribution in [3.05, 3.63) is 47.0 Å². The van der Waals surface area contributed by atoms with Gasteiger partial charge in [0, 0.05) is 11.9 Å². The van der Waals surface area contributed by atoms with E-state index in [9.17, 15) is 9.90 Å². The summed E-state index contributed by atoms with van der Waals surface area (Å²) in [5.41, 5.74) is 1.23. The van der Waals surface area contributed by atoms with Crippen molar-refractivity contribution in [1.29, 1.82) is 0 Å². The second-order valence-electron chi connectivity index (χ2n) is 4.19. The fourth-order valence-electron chi connectivity index (χ4n) is 1.76. The Hall–Kier alpha value is -1.92. The van der Waals surface area contributed by atoms with Crippen molar-refractivity contribution in [3.63, 3.8) is 0 Å². The lowest BCUT2D eigenvalue weighted by Crippen LogP contribution is -2.31. The molecule has 3 N–H and O–H groups in total. The monoisotopic (exact) mass is 291 g/mol. The number of benzene rings is 1. The Morgan fingerprint density at radius 2 is 2.15 bits per heavy atom. The number of aliphatic hydroxyl groups excluding tert-OH is 1. The summed E-state index contributed by atoms with van der Waals surface area (Å²) in [5.74, 6) is -0.284. The van der Waals surface area contributed by atoms with Gasteiger partial charge in [-0.05, 0) is 12.5 Å². The SMILES string of the molecule is CCNc1nc(C(=O)N[C@H](CO)c2ccccc2)cs1. The van der Waals surface area contributed by atoms with Crippen LogP contribution in [-0.4, -0.2) is 29.1 Å². The minimum Gasteiger partial charge on any atom is -0.394 e. The molecular formula is C14H17N3O2S. The van der Waals surface area contributed by atoms with Crippen LogP contribution in [0.3, 0.4) is 0 Å². The minimum absolute atomic E-state index is 0.153. The molecule has 0 aliphatic heterocycles. The molecule has 0 aliphatic carbocycles. The first-order valence-electron chi connectivity index (χ1n) is 6.40. The first kappa shape index (κ1) is 14.5. The molecule has 0 saturated heterocycles. The molecule has 0 aliphatic rings. The van der Waals surface area contributed by atoms with Crippen molar-refractivity contribution in [2.24, 2.45) is 0 Å². The van der Waals surface area contributed by atoms with Crippen LogP contribution in [0.1, 0.15) is 29.0 Å². The highest BCUT2D eigenvalue weighted by atomic mass is 32.1. The second-order valence-corrected chi connectivity index (χ2v) is 5.05. The Bertz CT molecular complexity index is 557. The van der Waals surface area contributed by atoms with E-state index in [0.29, 0.717) is 5.69 Å². The molecule has 5 nitrogen and oxygen atoms in total. The normalized spacial score (nSPS) is 11.9. The number of carbonyl (C=O) groups is 1. The molecule has 106 valence electrons. The first-order chi connectivity index (χ1) is 9.74. The predicted molar refractivity (Wildman–Crippen MR) is 80.0 cm³/mol. The van der Waals surface area contributed by atoms with Gasteiger partial charge in [-0.15, -0.1) is 11.3 Å². The summed E-state index contributed by atoms with van der Waals surface area (Å²) >= 11 is 1.39. The number of hydrogen-bond donors (Lipinski definition) is 3. The lowest BCUT2D eigenvalue weighted by Gasteiger charge is -2.15. The molecule has 1 atom stereocenters. The average Bonchev–Trinajstić information content (AvgIpc) is 2.94. The maximum Gasteiger partial charge on any atom is 0.271 e. The summed E-state index contributed by atoms with van der Waals surface area (Å²) in [5, 5.41) is 17.7. The number of nitrogens with zero attached hydrogens (tertiary/aromatic N) is 1. The number of aliphatic hydroxyl groups is 1. The molecule has 1 aromatic heterocycles. The fourth-order valence-corrected chi connectivity index (χ4v) is 2.52. The Balaban J connectivity index is 2.05. The summed E-state index contributed by atoms with van der Waals surface area (Å²) in [4.78, 5) is 16.3. The van der Waals surface area contributed by atoms with Gasteiger partial charge in [0.25, 0.3) is 5.91 Å². The van der Waals surface area contributed by atoms with Gasteiger partial charge in [0.15, 0.2) is 5.13 Å². The van der Waals surface area contributed by atoms with Gasteiger partial charge in [-0.1, -0.05) is 30.3 Å². The van der Waals surface area contributed by atoms with Crippen molar-refractivity contribution in [2.45, 2.75) is 13.0 Å². The molecule has 0 fully saturated rings. The van der Waals surface area contributed by atoms with E-state index >= 15 is 0 Å². The van der Waals surface area contributed by atoms with E-state index in [4.69, 9.17) is 0 Å². The summed E-state index contributed by atoms with van der Waals surface area (Å²) in [7, 11) is 0. The minimum atomic E-state index is -0.423. The summed E-state index contributed by atoms with van der Waals surface area (Å²) in [6, 6.07) is 8.95. The zero-order chi connectivity index (χ0) is 14.4. The van der Waals surface area contributed by atoms with Crippen molar-refractivity contribution in [3.8, 4) is 0 Å². The predicted octanol–water partition coefficient (Wildman–Crippen LogP) is 2.04. The number of amides is 1. The molecule has 20 heavy (non-hydrogen) atoms. The molecule has 1 aromatic carbocycles. The second kappa shape index (κ2) is 7.02. The summed E-state index contributed by atoms with van der Waals surface area (Å²) in [6.07, 6.45) is 0. The Morgan fingerprint density at radius 3 is 2.80 bits per heavy atom. The first-order valence-corrected chi connectivity index (χ1v) is 7.28. The standard InChI is InChI=1S/C14H17N3O2S/c1-2-15-14-17-12(9-20-14)13(19)16-11(8-18)10-6-4-3-5-7-10/h3-7,9,11,18H,2,8H2,1H3,(H,15,17)(H,16,19)/t11-/m1/s1. The molecule has 2 aromatic rings. The maximum absolute atomic E-state index is 12.1. The fraction of sp³-hybridized carbons (Fsp3) is 0.286. The van der Waals surface area contributed by atoms with E-state index < -0.39 is 6.04 Å². The van der Waals surface area contributed by atoms with Gasteiger partial charge >= 0.3 is 0 Å². The number of thiazole rings is 1. The lowest BCUT2D eigenvalue weighted by molar-refractivity contribution is 0.0912. The number of rotatable bonds is 6. The van der Waals surface area contributed by atoms with Crippen LogP contribution in [0, 0.1) is 0 Å². The van der Waals surface area contributed by atoms with Gasteiger partial charge in [-0.3, -0.25) is 4.79 Å². The van der Waals surface area contributed by atoms with Crippen LogP contribution in [0.15, 0.2) is 35.7 Å². The topological polar surface area (TPSA) is 74.2 Å². The van der Waals surface area contributed by atoms with Crippen LogP contribution < -0.4 is 10.6 Å². The third-order valence-corrected chi connectivity index (χ3v) is 3.55. The molecule has 1 amide bonds. The van der Waals surface area contributed by atoms with Gasteiger partial charge in [0.05, 0.1) is 12.6 Å².